The fourth-order valence-electron chi connectivity index (χ4n) is 4.74. The number of halogens is 1. The van der Waals surface area contributed by atoms with E-state index < -0.39 is 0 Å². The fourth-order valence-corrected chi connectivity index (χ4v) is 4.98. The van der Waals surface area contributed by atoms with E-state index in [1.54, 1.807) is 57.6 Å². The van der Waals surface area contributed by atoms with E-state index in [2.05, 4.69) is 93.7 Å². The summed E-state index contributed by atoms with van der Waals surface area (Å²) in [6, 6.07) is 19.3. The first-order valence-electron chi connectivity index (χ1n) is 15.6. The number of H-pyrrole nitrogens is 1. The van der Waals surface area contributed by atoms with E-state index in [-0.39, 0.29) is 163 Å². The summed E-state index contributed by atoms with van der Waals surface area (Å²) in [6.07, 6.45) is 10.6. The minimum atomic E-state index is -0.181. The molecule has 13 nitrogen and oxygen atoms in total. The number of aromatic hydroxyl groups is 1. The number of hydrogen-bond donors (Lipinski definition) is 2. The van der Waals surface area contributed by atoms with Gasteiger partial charge in [-0.1, -0.05) is 33.6 Å². The van der Waals surface area contributed by atoms with Crippen LogP contribution < -0.4 is 153 Å². The summed E-state index contributed by atoms with van der Waals surface area (Å²) in [5.41, 5.74) is 8.43. The van der Waals surface area contributed by atoms with E-state index in [0.29, 0.717) is 5.75 Å². The van der Waals surface area contributed by atoms with E-state index in [9.17, 15) is 5.11 Å². The Balaban J connectivity index is -0.000000670. The molecule has 4 aromatic heterocycles. The van der Waals surface area contributed by atoms with Crippen molar-refractivity contribution >= 4 is 44.2 Å². The predicted molar refractivity (Wildman–Crippen MR) is 201 cm³/mol. The monoisotopic (exact) mass is 1160 g/mol. The van der Waals surface area contributed by atoms with E-state index in [1.165, 1.54) is 15.6 Å². The normalized spacial score (nSPS) is 9.05. The van der Waals surface area contributed by atoms with Gasteiger partial charge in [-0.25, -0.2) is 9.97 Å². The quantitative estimate of drug-likeness (QED) is 0.0853. The Morgan fingerprint density at radius 1 is 0.839 bits per heavy atom. The molecule has 0 aliphatic carbocycles. The zero-order valence-corrected chi connectivity index (χ0v) is 48.5. The number of aromatic nitrogens is 6. The Hall–Kier alpha value is -0.847. The molecule has 7 aromatic rings. The molecular weight excluding hydrogens is 1130 g/mol. The van der Waals surface area contributed by atoms with Crippen LogP contribution in [-0.4, -0.2) is 55.3 Å². The molecule has 18 heteroatoms. The first kappa shape index (κ1) is 57.2. The number of ether oxygens (including phenoxy) is 2. The molecule has 0 amide bonds. The standard InChI is InChI=1S/C14H12N2O2.C11H12N2O.C8H9Br.C4H6N2.CH2O3.2Cs.2Cu.O.H/c1-17-11-5-7-15-13-9(11)3-4-10-12(18-2)6-8-16-14(10)13;1-8-5-10(14)3-4-11(8)13-6-9(2)12-7-13;1-6-3-4-8(9)7(2)5-6;1-4-2-5-3-6-4;2-1-4-3;;;;;;/h3-8H,1-2H3;3-7,14H,1-2H3;3-5H,1-2H3;2-3H,1H3,(H,5,6);1,3H;;;;;;/q;;;;;2*+1;;;;-1/p-1. The molecule has 1 radical (unpaired) electrons. The van der Waals surface area contributed by atoms with E-state index >= 15 is 0 Å². The second-order valence-corrected chi connectivity index (χ2v) is 11.8. The number of aromatic amines is 1. The van der Waals surface area contributed by atoms with Gasteiger partial charge in [0.25, 0.3) is 6.47 Å². The van der Waals surface area contributed by atoms with Gasteiger partial charge >= 0.3 is 158 Å². The second kappa shape index (κ2) is 32.0. The molecule has 3 aromatic carbocycles. The third-order valence-electron chi connectivity index (χ3n) is 7.14. The van der Waals surface area contributed by atoms with Gasteiger partial charge in [-0.05, 0) is 94.3 Å². The predicted octanol–water partition coefficient (Wildman–Crippen LogP) is 1.21. The fraction of sp³-hybridized carbons (Fsp3) is 0.184. The van der Waals surface area contributed by atoms with Gasteiger partial charge in [-0.2, -0.15) is 0 Å². The molecule has 0 aliphatic heterocycles. The first-order valence-corrected chi connectivity index (χ1v) is 16.8. The topological polar surface area (TPSA) is 177 Å². The number of carbonyl (C=O) groups is 1. The summed E-state index contributed by atoms with van der Waals surface area (Å²) in [5, 5.41) is 19.6. The first-order chi connectivity index (χ1) is 25.5. The molecule has 4 heterocycles. The van der Waals surface area contributed by atoms with Crippen molar-refractivity contribution < 1.29 is 206 Å². The Labute approximate surface area is 472 Å². The minimum absolute atomic E-state index is 0. The second-order valence-electron chi connectivity index (χ2n) is 11.0. The molecule has 56 heavy (non-hydrogen) atoms. The van der Waals surface area contributed by atoms with Gasteiger partial charge in [0.15, 0.2) is 0 Å². The van der Waals surface area contributed by atoms with Crippen LogP contribution >= 0.6 is 15.9 Å². The number of rotatable bonds is 4. The van der Waals surface area contributed by atoms with Crippen LogP contribution in [0.2, 0.25) is 0 Å². The summed E-state index contributed by atoms with van der Waals surface area (Å²) in [6.45, 7) is 9.89. The number of phenols is 1. The van der Waals surface area contributed by atoms with Crippen LogP contribution in [0.5, 0.6) is 17.2 Å². The van der Waals surface area contributed by atoms with Crippen molar-refractivity contribution in [2.75, 3.05) is 14.2 Å². The van der Waals surface area contributed by atoms with Gasteiger partial charge in [0, 0.05) is 68.5 Å². The van der Waals surface area contributed by atoms with Crippen LogP contribution in [-0.2, 0) is 46.5 Å². The van der Waals surface area contributed by atoms with Crippen molar-refractivity contribution in [3.8, 4) is 22.9 Å². The number of aryl methyl sites for hydroxylation is 5. The summed E-state index contributed by atoms with van der Waals surface area (Å²) in [7, 11) is 3.30. The van der Waals surface area contributed by atoms with Crippen molar-refractivity contribution in [2.45, 2.75) is 34.6 Å². The average Bonchev–Trinajstić information content (AvgIpc) is 3.84. The summed E-state index contributed by atoms with van der Waals surface area (Å²) >= 11 is 6.37. The van der Waals surface area contributed by atoms with Gasteiger partial charge in [0.2, 0.25) is 0 Å². The number of nitrogens with one attached hydrogen (secondary N) is 1. The molecule has 0 unspecified atom stereocenters. The molecule has 2 N–H and O–H groups in total. The third-order valence-corrected chi connectivity index (χ3v) is 8.03. The molecule has 296 valence electrons. The summed E-state index contributed by atoms with van der Waals surface area (Å²) < 4.78 is 21.6. The van der Waals surface area contributed by atoms with Crippen LogP contribution in [0.15, 0.2) is 103 Å². The number of phenolic OH excluding ortho intramolecular Hbond substituents is 1. The van der Waals surface area contributed by atoms with Crippen molar-refractivity contribution in [3.63, 3.8) is 0 Å². The molecule has 7 rings (SSSR count). The molecule has 0 spiro atoms. The van der Waals surface area contributed by atoms with E-state index in [1.807, 2.05) is 61.9 Å². The van der Waals surface area contributed by atoms with E-state index in [4.69, 9.17) is 23.4 Å². The maximum absolute atomic E-state index is 9.26. The number of carbonyl (C=O) groups excluding carboxylic acids is 1. The SMILES string of the molecule is COc1ccnc2c1ccc1c(OC)ccnc12.Cc1ccc(Br)c(C)c1.Cc1cn(-c2ccc(O)cc2C)cn1.Cc1cnc[nH]1.O=CO[O-].[Cs+].[Cs+].[Cu].[H-].[O]=[Cu]. The van der Waals surface area contributed by atoms with Crippen LogP contribution in [0, 0.1) is 34.6 Å². The molecular formula is C38H41BrCs2Cu2N6O7. The molecule has 0 bridgehead atoms. The summed E-state index contributed by atoms with van der Waals surface area (Å²) in [4.78, 5) is 30.9. The van der Waals surface area contributed by atoms with Gasteiger partial charge < -0.3 is 35.7 Å². The van der Waals surface area contributed by atoms with E-state index in [0.717, 1.165) is 55.9 Å². The number of fused-ring (bicyclic) bond motifs is 3. The Morgan fingerprint density at radius 3 is 1.75 bits per heavy atom. The molecule has 0 atom stereocenters. The zero-order chi connectivity index (χ0) is 39.3. The number of methoxy groups -OCH3 is 2. The maximum atomic E-state index is 9.26. The van der Waals surface area contributed by atoms with Crippen molar-refractivity contribution in [1.82, 2.24) is 29.5 Å². The van der Waals surface area contributed by atoms with Crippen molar-refractivity contribution in [2.24, 2.45) is 0 Å². The van der Waals surface area contributed by atoms with Gasteiger partial charge in [0.05, 0.1) is 32.6 Å². The molecule has 0 saturated heterocycles. The van der Waals surface area contributed by atoms with Crippen LogP contribution in [0.1, 0.15) is 29.5 Å². The van der Waals surface area contributed by atoms with Crippen LogP contribution in [0.3, 0.4) is 0 Å². The molecule has 0 saturated carbocycles. The number of hydrogen-bond acceptors (Lipinski definition) is 11. The number of nitrogens with zero attached hydrogens (tertiary/aromatic N) is 5. The van der Waals surface area contributed by atoms with Crippen LogP contribution in [0.4, 0.5) is 0 Å². The van der Waals surface area contributed by atoms with Gasteiger partial charge in [-0.15, -0.1) is 0 Å². The van der Waals surface area contributed by atoms with Crippen molar-refractivity contribution in [3.05, 3.63) is 131 Å². The third kappa shape index (κ3) is 19.0. The Morgan fingerprint density at radius 2 is 1.39 bits per heavy atom. The summed E-state index contributed by atoms with van der Waals surface area (Å²) in [5.74, 6) is 1.89. The van der Waals surface area contributed by atoms with Crippen molar-refractivity contribution in [1.29, 1.82) is 0 Å². The zero-order valence-electron chi connectivity index (χ0n) is 33.4. The number of imidazole rings is 2. The number of pyridine rings is 2. The molecule has 0 aliphatic rings. The van der Waals surface area contributed by atoms with Gasteiger partial charge in [-0.3, -0.25) is 14.8 Å². The van der Waals surface area contributed by atoms with Gasteiger partial charge in [0.1, 0.15) is 28.3 Å². The Bertz CT molecular complexity index is 2130. The molecule has 0 fully saturated rings. The number of benzene rings is 3. The Kier molecular flexibility index (Phi) is 32.7. The average molecular weight is 1170 g/mol. The van der Waals surface area contributed by atoms with Crippen LogP contribution in [0.25, 0.3) is 27.5 Å².